The molecule has 0 aromatic heterocycles. The van der Waals surface area contributed by atoms with Crippen molar-refractivity contribution in [2.24, 2.45) is 4.99 Å². The van der Waals surface area contributed by atoms with Crippen molar-refractivity contribution in [3.63, 3.8) is 0 Å². The average Bonchev–Trinajstić information content (AvgIpc) is 2.72. The zero-order valence-electron chi connectivity index (χ0n) is 10.4. The summed E-state index contributed by atoms with van der Waals surface area (Å²) in [7, 11) is 4.25. The third-order valence-electron chi connectivity index (χ3n) is 2.56. The predicted molar refractivity (Wildman–Crippen MR) is 77.9 cm³/mol. The Kier molecular flexibility index (Phi) is 6.77. The molecule has 0 radical (unpaired) electrons. The van der Waals surface area contributed by atoms with Crippen molar-refractivity contribution in [2.45, 2.75) is 18.6 Å². The van der Waals surface area contributed by atoms with Gasteiger partial charge in [-0.05, 0) is 34.0 Å². The summed E-state index contributed by atoms with van der Waals surface area (Å²) < 4.78 is 0. The van der Waals surface area contributed by atoms with Crippen LogP contribution in [0.4, 0.5) is 0 Å². The lowest BCUT2D eigenvalue weighted by Gasteiger charge is -2.23. The Morgan fingerprint density at radius 2 is 2.19 bits per heavy atom. The normalized spacial score (nSPS) is 20.3. The Hall–Kier alpha value is 0.260. The second-order valence-corrected chi connectivity index (χ2v) is 6.17. The van der Waals surface area contributed by atoms with Gasteiger partial charge >= 0.3 is 0 Å². The summed E-state index contributed by atoms with van der Waals surface area (Å²) in [6, 6.07) is 0. The number of hydrogen-bond acceptors (Lipinski definition) is 4. The molecule has 1 unspecified atom stereocenters. The molecule has 1 aliphatic rings. The topological polar surface area (TPSA) is 18.8 Å². The number of aliphatic imine (C=N–C) groups is 1. The van der Waals surface area contributed by atoms with Gasteiger partial charge in [0.15, 0.2) is 5.17 Å². The molecule has 3 nitrogen and oxygen atoms in total. The predicted octanol–water partition coefficient (Wildman–Crippen LogP) is 2.13. The number of hydrogen-bond donors (Lipinski definition) is 0. The molecule has 0 bridgehead atoms. The fourth-order valence-electron chi connectivity index (χ4n) is 1.63. The molecule has 0 N–H and O–H groups in total. The van der Waals surface area contributed by atoms with Gasteiger partial charge in [-0.1, -0.05) is 27.7 Å². The van der Waals surface area contributed by atoms with E-state index in [-0.39, 0.29) is 0 Å². The summed E-state index contributed by atoms with van der Waals surface area (Å²) in [6.07, 6.45) is 1.21. The van der Waals surface area contributed by atoms with Gasteiger partial charge in [0.05, 0.1) is 6.54 Å². The molecule has 0 amide bonds. The van der Waals surface area contributed by atoms with Crippen molar-refractivity contribution in [1.29, 1.82) is 0 Å². The number of amidine groups is 1. The number of thioether (sulfide) groups is 1. The second kappa shape index (κ2) is 7.56. The Balaban J connectivity index is 2.31. The molecule has 0 spiro atoms. The zero-order chi connectivity index (χ0) is 12.0. The molecule has 1 heterocycles. The van der Waals surface area contributed by atoms with E-state index in [9.17, 15) is 0 Å². The first-order valence-electron chi connectivity index (χ1n) is 5.84. The van der Waals surface area contributed by atoms with Crippen molar-refractivity contribution in [2.75, 3.05) is 45.6 Å². The molecule has 1 rings (SSSR count). The van der Waals surface area contributed by atoms with Crippen LogP contribution in [0.2, 0.25) is 0 Å². The van der Waals surface area contributed by atoms with Crippen molar-refractivity contribution in [3.05, 3.63) is 0 Å². The largest absolute Gasteiger partial charge is 0.352 e. The smallest absolute Gasteiger partial charge is 0.159 e. The van der Waals surface area contributed by atoms with Gasteiger partial charge in [0.1, 0.15) is 0 Å². The van der Waals surface area contributed by atoms with Crippen LogP contribution in [0, 0.1) is 0 Å². The lowest BCUT2D eigenvalue weighted by atomic mass is 10.4. The number of alkyl halides is 1. The zero-order valence-corrected chi connectivity index (χ0v) is 12.9. The molecule has 0 aliphatic carbocycles. The monoisotopic (exact) mass is 307 g/mol. The Morgan fingerprint density at radius 1 is 1.44 bits per heavy atom. The first-order chi connectivity index (χ1) is 7.67. The summed E-state index contributed by atoms with van der Waals surface area (Å²) >= 11 is 5.44. The first-order valence-corrected chi connectivity index (χ1v) is 7.84. The molecule has 16 heavy (non-hydrogen) atoms. The summed E-state index contributed by atoms with van der Waals surface area (Å²) in [4.78, 5) is 9.25. The van der Waals surface area contributed by atoms with E-state index in [1.807, 2.05) is 11.8 Å². The van der Waals surface area contributed by atoms with Crippen molar-refractivity contribution >= 4 is 32.9 Å². The van der Waals surface area contributed by atoms with E-state index in [1.54, 1.807) is 0 Å². The number of halogens is 1. The summed E-state index contributed by atoms with van der Waals surface area (Å²) in [6.45, 7) is 6.51. The van der Waals surface area contributed by atoms with E-state index in [0.717, 1.165) is 31.5 Å². The van der Waals surface area contributed by atoms with Gasteiger partial charge < -0.3 is 9.80 Å². The third-order valence-corrected chi connectivity index (χ3v) is 5.02. The minimum absolute atomic E-state index is 0.637. The van der Waals surface area contributed by atoms with Crippen LogP contribution in [0.25, 0.3) is 0 Å². The van der Waals surface area contributed by atoms with Gasteiger partial charge in [-0.25, -0.2) is 0 Å². The van der Waals surface area contributed by atoms with Gasteiger partial charge in [-0.2, -0.15) is 0 Å². The van der Waals surface area contributed by atoms with E-state index in [4.69, 9.17) is 0 Å². The average molecular weight is 308 g/mol. The van der Waals surface area contributed by atoms with E-state index in [1.165, 1.54) is 11.6 Å². The molecular weight excluding hydrogens is 286 g/mol. The lowest BCUT2D eigenvalue weighted by Crippen LogP contribution is -2.31. The van der Waals surface area contributed by atoms with Crippen LogP contribution in [0.3, 0.4) is 0 Å². The lowest BCUT2D eigenvalue weighted by molar-refractivity contribution is 0.357. The minimum Gasteiger partial charge on any atom is -0.352 e. The Labute approximate surface area is 112 Å². The highest BCUT2D eigenvalue weighted by atomic mass is 79.9. The Bertz CT molecular complexity index is 233. The number of rotatable bonds is 6. The first kappa shape index (κ1) is 14.3. The van der Waals surface area contributed by atoms with Crippen LogP contribution in [0.15, 0.2) is 4.99 Å². The van der Waals surface area contributed by atoms with Gasteiger partial charge in [0, 0.05) is 23.7 Å². The molecule has 0 saturated carbocycles. The third kappa shape index (κ3) is 4.63. The molecule has 0 aromatic rings. The SMILES string of the molecule is CCN(CCCN(C)C)C1=NCC(CBr)S1. The summed E-state index contributed by atoms with van der Waals surface area (Å²) in [5.74, 6) is 0. The van der Waals surface area contributed by atoms with Crippen LogP contribution in [0.1, 0.15) is 13.3 Å². The highest BCUT2D eigenvalue weighted by molar-refractivity contribution is 9.09. The van der Waals surface area contributed by atoms with Crippen LogP contribution < -0.4 is 0 Å². The maximum atomic E-state index is 4.62. The number of nitrogens with zero attached hydrogens (tertiary/aromatic N) is 3. The highest BCUT2D eigenvalue weighted by Crippen LogP contribution is 2.24. The maximum absolute atomic E-state index is 4.62. The van der Waals surface area contributed by atoms with Crippen LogP contribution in [0.5, 0.6) is 0 Å². The summed E-state index contributed by atoms with van der Waals surface area (Å²) in [5, 5.41) is 2.92. The van der Waals surface area contributed by atoms with Crippen LogP contribution in [-0.2, 0) is 0 Å². The van der Waals surface area contributed by atoms with E-state index in [2.05, 4.69) is 51.7 Å². The minimum atomic E-state index is 0.637. The molecular formula is C11H22BrN3S. The van der Waals surface area contributed by atoms with E-state index >= 15 is 0 Å². The standard InChI is InChI=1S/C11H22BrN3S/c1-4-15(7-5-6-14(2)3)11-13-9-10(8-12)16-11/h10H,4-9H2,1-3H3. The van der Waals surface area contributed by atoms with Crippen molar-refractivity contribution in [3.8, 4) is 0 Å². The van der Waals surface area contributed by atoms with Crippen LogP contribution in [-0.4, -0.2) is 65.8 Å². The van der Waals surface area contributed by atoms with E-state index in [0.29, 0.717) is 5.25 Å². The maximum Gasteiger partial charge on any atom is 0.159 e. The molecule has 0 saturated heterocycles. The van der Waals surface area contributed by atoms with Crippen molar-refractivity contribution in [1.82, 2.24) is 9.80 Å². The quantitative estimate of drug-likeness (QED) is 0.701. The molecule has 0 aromatic carbocycles. The second-order valence-electron chi connectivity index (χ2n) is 4.25. The fourth-order valence-corrected chi connectivity index (χ4v) is 3.26. The van der Waals surface area contributed by atoms with Gasteiger partial charge in [-0.3, -0.25) is 4.99 Å². The van der Waals surface area contributed by atoms with E-state index < -0.39 is 0 Å². The molecule has 5 heteroatoms. The molecule has 1 aliphatic heterocycles. The van der Waals surface area contributed by atoms with Crippen LogP contribution >= 0.6 is 27.7 Å². The van der Waals surface area contributed by atoms with Gasteiger partial charge in [0.2, 0.25) is 0 Å². The molecule has 0 fully saturated rings. The van der Waals surface area contributed by atoms with Gasteiger partial charge in [0.25, 0.3) is 0 Å². The summed E-state index contributed by atoms with van der Waals surface area (Å²) in [5.41, 5.74) is 0. The Morgan fingerprint density at radius 3 is 2.69 bits per heavy atom. The highest BCUT2D eigenvalue weighted by Gasteiger charge is 2.21. The van der Waals surface area contributed by atoms with Crippen molar-refractivity contribution < 1.29 is 0 Å². The molecule has 1 atom stereocenters. The van der Waals surface area contributed by atoms with Gasteiger partial charge in [-0.15, -0.1) is 0 Å². The molecule has 94 valence electrons. The fraction of sp³-hybridized carbons (Fsp3) is 0.909.